The lowest BCUT2D eigenvalue weighted by molar-refractivity contribution is -0.250. The fourth-order valence-corrected chi connectivity index (χ4v) is 8.97. The van der Waals surface area contributed by atoms with Gasteiger partial charge in [0.1, 0.15) is 6.10 Å². The van der Waals surface area contributed by atoms with E-state index in [2.05, 4.69) is 4.74 Å². The Hall–Kier alpha value is -0.400. The van der Waals surface area contributed by atoms with Crippen LogP contribution in [0.1, 0.15) is 0 Å². The summed E-state index contributed by atoms with van der Waals surface area (Å²) in [4.78, 5) is -12.7. The Labute approximate surface area is 156 Å². The second-order valence-corrected chi connectivity index (χ2v) is 15.1. The highest BCUT2D eigenvalue weighted by molar-refractivity contribution is 7.98. The minimum absolute atomic E-state index is 0.106. The zero-order valence-electron chi connectivity index (χ0n) is 14.5. The second kappa shape index (κ2) is 6.30. The van der Waals surface area contributed by atoms with Crippen LogP contribution in [0, 0.1) is 0 Å². The summed E-state index contributed by atoms with van der Waals surface area (Å²) < 4.78 is 101. The Bertz CT molecular complexity index is 1040. The highest BCUT2D eigenvalue weighted by atomic mass is 32.2. The van der Waals surface area contributed by atoms with E-state index in [-0.39, 0.29) is 18.8 Å². The molecule has 0 saturated carbocycles. The third-order valence-electron chi connectivity index (χ3n) is 4.27. The van der Waals surface area contributed by atoms with Crippen molar-refractivity contribution >= 4 is 39.3 Å². The first-order chi connectivity index (χ1) is 11.5. The summed E-state index contributed by atoms with van der Waals surface area (Å²) in [6, 6.07) is 0. The molecule has 0 bridgehead atoms. The van der Waals surface area contributed by atoms with Gasteiger partial charge >= 0.3 is 0 Å². The number of sulfone groups is 4. The van der Waals surface area contributed by atoms with Gasteiger partial charge in [0.05, 0.1) is 6.61 Å². The summed E-state index contributed by atoms with van der Waals surface area (Å²) in [6.45, 7) is -1.68. The summed E-state index contributed by atoms with van der Waals surface area (Å²) in [7, 11) is -20.5. The van der Waals surface area contributed by atoms with E-state index in [0.717, 1.165) is 0 Å². The number of hydrogen-bond donors (Lipinski definition) is 4. The molecule has 4 N–H and O–H groups in total. The van der Waals surface area contributed by atoms with Crippen molar-refractivity contribution in [3.8, 4) is 0 Å². The molecule has 0 spiro atoms. The summed E-state index contributed by atoms with van der Waals surface area (Å²) in [5.41, 5.74) is -2.91. The van der Waals surface area contributed by atoms with Gasteiger partial charge in [-0.3, -0.25) is 0 Å². The van der Waals surface area contributed by atoms with Crippen molar-refractivity contribution in [1.29, 1.82) is 0 Å². The van der Waals surface area contributed by atoms with Gasteiger partial charge < -0.3 is 25.2 Å². The maximum absolute atomic E-state index is 12.3. The van der Waals surface area contributed by atoms with Crippen molar-refractivity contribution < 1.29 is 58.8 Å². The Morgan fingerprint density at radius 2 is 1.22 bits per heavy atom. The van der Waals surface area contributed by atoms with E-state index in [4.69, 9.17) is 0 Å². The quantitative estimate of drug-likeness (QED) is 0.291. The molecular weight excluding hydrogens is 456 g/mol. The molecule has 27 heavy (non-hydrogen) atoms. The minimum Gasteiger partial charge on any atom is -0.375 e. The van der Waals surface area contributed by atoms with Crippen molar-refractivity contribution in [2.75, 3.05) is 31.6 Å². The zero-order chi connectivity index (χ0) is 22.1. The molecule has 0 aliphatic carbocycles. The van der Waals surface area contributed by atoms with Gasteiger partial charge in [-0.05, 0) is 0 Å². The van der Waals surface area contributed by atoms with Crippen LogP contribution in [0.2, 0.25) is 0 Å². The molecule has 0 aromatic rings. The van der Waals surface area contributed by atoms with Gasteiger partial charge in [-0.25, -0.2) is 33.7 Å². The average molecular weight is 477 g/mol. The van der Waals surface area contributed by atoms with E-state index in [0.29, 0.717) is 6.26 Å². The number of hydrogen-bond acceptors (Lipinski definition) is 13. The van der Waals surface area contributed by atoms with Gasteiger partial charge in [-0.15, -0.1) is 0 Å². The van der Waals surface area contributed by atoms with Gasteiger partial charge in [0, 0.05) is 25.0 Å². The molecule has 5 atom stereocenters. The smallest absolute Gasteiger partial charge is 0.257 e. The normalized spacial score (nSPS) is 37.7. The molecule has 1 unspecified atom stereocenters. The molecule has 162 valence electrons. The van der Waals surface area contributed by atoms with Crippen LogP contribution in [-0.4, -0.2) is 112 Å². The Kier molecular flexibility index (Phi) is 5.75. The maximum Gasteiger partial charge on any atom is 0.257 e. The van der Waals surface area contributed by atoms with E-state index in [1.807, 2.05) is 0 Å². The van der Waals surface area contributed by atoms with Crippen molar-refractivity contribution in [2.45, 2.75) is 26.3 Å². The third kappa shape index (κ3) is 3.21. The van der Waals surface area contributed by atoms with Crippen molar-refractivity contribution in [3.63, 3.8) is 0 Å². The molecule has 1 saturated heterocycles. The van der Waals surface area contributed by atoms with Crippen LogP contribution >= 0.6 is 0 Å². The van der Waals surface area contributed by atoms with Crippen LogP contribution < -0.4 is 0 Å². The van der Waals surface area contributed by atoms with E-state index >= 15 is 0 Å². The highest BCUT2D eigenvalue weighted by Gasteiger charge is 2.82. The maximum atomic E-state index is 12.3. The van der Waals surface area contributed by atoms with Crippen LogP contribution in [0.15, 0.2) is 0 Å². The molecule has 1 aliphatic heterocycles. The largest absolute Gasteiger partial charge is 0.375 e. The predicted octanol–water partition coefficient (Wildman–Crippen LogP) is -5.05. The topological polar surface area (TPSA) is 227 Å². The van der Waals surface area contributed by atoms with Crippen molar-refractivity contribution in [3.05, 3.63) is 0 Å². The van der Waals surface area contributed by atoms with Gasteiger partial charge in [0.2, 0.25) is 9.87 Å². The number of aliphatic hydroxyl groups excluding tert-OH is 1. The monoisotopic (exact) mass is 476 g/mol. The van der Waals surface area contributed by atoms with Gasteiger partial charge in [0.15, 0.2) is 44.8 Å². The minimum atomic E-state index is -5.41. The van der Waals surface area contributed by atoms with E-state index in [1.165, 1.54) is 0 Å². The molecule has 1 rings (SSSR count). The Morgan fingerprint density at radius 1 is 0.815 bits per heavy atom. The summed E-state index contributed by atoms with van der Waals surface area (Å²) in [6.07, 6.45) is -2.05. The summed E-state index contributed by atoms with van der Waals surface area (Å²) in [5.74, 6) is 0. The molecule has 0 amide bonds. The molecule has 1 heterocycles. The first-order valence-corrected chi connectivity index (χ1v) is 14.4. The molecular formula is C10H20O13S4. The molecule has 17 heteroatoms. The van der Waals surface area contributed by atoms with Crippen LogP contribution in [0.5, 0.6) is 0 Å². The number of rotatable bonds is 5. The van der Waals surface area contributed by atoms with E-state index in [1.54, 1.807) is 0 Å². The zero-order valence-corrected chi connectivity index (χ0v) is 17.7. The fraction of sp³-hybridized carbons (Fsp3) is 1.00. The first-order valence-electron chi connectivity index (χ1n) is 6.74. The van der Waals surface area contributed by atoms with Crippen LogP contribution in [0.25, 0.3) is 0 Å². The lowest BCUT2D eigenvalue weighted by Crippen LogP contribution is -2.84. The predicted molar refractivity (Wildman–Crippen MR) is 90.0 cm³/mol. The van der Waals surface area contributed by atoms with Gasteiger partial charge in [-0.1, -0.05) is 0 Å². The van der Waals surface area contributed by atoms with E-state index < -0.39 is 72.3 Å². The number of aliphatic hydroxyl groups is 4. The molecule has 0 aromatic heterocycles. The summed E-state index contributed by atoms with van der Waals surface area (Å²) >= 11 is 0. The van der Waals surface area contributed by atoms with Crippen LogP contribution in [0.4, 0.5) is 0 Å². The first kappa shape index (κ1) is 24.6. The van der Waals surface area contributed by atoms with Crippen LogP contribution in [-0.2, 0) is 44.1 Å². The molecule has 0 radical (unpaired) electrons. The van der Waals surface area contributed by atoms with Crippen molar-refractivity contribution in [2.24, 2.45) is 0 Å². The summed E-state index contributed by atoms with van der Waals surface area (Å²) in [5, 5.41) is 41.9. The van der Waals surface area contributed by atoms with E-state index in [9.17, 15) is 54.1 Å². The molecule has 1 fully saturated rings. The lowest BCUT2D eigenvalue weighted by Gasteiger charge is -2.54. The highest BCUT2D eigenvalue weighted by Crippen LogP contribution is 2.50. The van der Waals surface area contributed by atoms with Crippen molar-refractivity contribution in [1.82, 2.24) is 0 Å². The Balaban J connectivity index is 4.21. The lowest BCUT2D eigenvalue weighted by atomic mass is 9.97. The standard InChI is InChI=1S/C10H20O13S4/c1-24(15,16)7(11)6-9(13,26(3,19)20)10(14,27(4,21)22)8(12,5-23-6)25(2,17)18/h6-7,11-14H,5H2,1-4H3/t6-,7?,8-,9+,10+/m1/s1. The fourth-order valence-electron chi connectivity index (χ4n) is 2.76. The van der Waals surface area contributed by atoms with Gasteiger partial charge in [-0.2, -0.15) is 0 Å². The number of ether oxygens (including phenoxy) is 1. The molecule has 1 aliphatic rings. The Morgan fingerprint density at radius 3 is 1.48 bits per heavy atom. The van der Waals surface area contributed by atoms with Crippen LogP contribution in [0.3, 0.4) is 0 Å². The van der Waals surface area contributed by atoms with Gasteiger partial charge in [0.25, 0.3) is 4.93 Å². The average Bonchev–Trinajstić information content (AvgIpc) is 2.39. The molecule has 0 aromatic carbocycles. The third-order valence-corrected chi connectivity index (χ3v) is 10.7. The molecule has 13 nitrogen and oxygen atoms in total. The SMILES string of the molecule is CS(=O)(=O)C(O)[C@H]1OC[C@@](O)(S(C)(=O)=O)[C@](O)(S(C)(=O)=O)[C@@]1(O)S(C)(=O)=O. The second-order valence-electron chi connectivity index (χ2n) is 6.39.